The van der Waals surface area contributed by atoms with Gasteiger partial charge in [0.2, 0.25) is 0 Å². The van der Waals surface area contributed by atoms with Gasteiger partial charge < -0.3 is 5.32 Å². The Kier molecular flexibility index (Phi) is 5.57. The highest BCUT2D eigenvalue weighted by atomic mass is 35.5. The van der Waals surface area contributed by atoms with Crippen LogP contribution in [0.2, 0.25) is 10.0 Å². The van der Waals surface area contributed by atoms with E-state index in [0.717, 1.165) is 0 Å². The van der Waals surface area contributed by atoms with Crippen LogP contribution in [0.1, 0.15) is 24.1 Å². The number of nitrogens with one attached hydrogen (secondary N) is 1. The Morgan fingerprint density at radius 2 is 1.86 bits per heavy atom. The molecule has 21 heavy (non-hydrogen) atoms. The summed E-state index contributed by atoms with van der Waals surface area (Å²) >= 11 is 11.9. The molecular weight excluding hydrogens is 315 g/mol. The average Bonchev–Trinajstić information content (AvgIpc) is 2.45. The van der Waals surface area contributed by atoms with Crippen LogP contribution in [0.15, 0.2) is 36.4 Å². The molecule has 2 aromatic carbocycles. The van der Waals surface area contributed by atoms with Gasteiger partial charge in [-0.3, -0.25) is 0 Å². The first-order chi connectivity index (χ1) is 10.0. The van der Waals surface area contributed by atoms with Crippen LogP contribution in [0.4, 0.5) is 8.78 Å². The summed E-state index contributed by atoms with van der Waals surface area (Å²) in [6.45, 7) is 2.58. The molecule has 5 heteroatoms. The van der Waals surface area contributed by atoms with Gasteiger partial charge in [-0.1, -0.05) is 42.3 Å². The second kappa shape index (κ2) is 7.21. The average molecular weight is 330 g/mol. The smallest absolute Gasteiger partial charge is 0.142 e. The van der Waals surface area contributed by atoms with Gasteiger partial charge in [-0.05, 0) is 48.4 Å². The second-order valence-electron chi connectivity index (χ2n) is 4.69. The third kappa shape index (κ3) is 3.94. The molecule has 0 aromatic heterocycles. The van der Waals surface area contributed by atoms with Crippen molar-refractivity contribution in [3.8, 4) is 0 Å². The molecule has 0 amide bonds. The fourth-order valence-electron chi connectivity index (χ4n) is 2.25. The maximum atomic E-state index is 13.9. The molecule has 0 aliphatic carbocycles. The van der Waals surface area contributed by atoms with Gasteiger partial charge in [-0.2, -0.15) is 0 Å². The SMILES string of the molecule is CCNC(Cc1cc(Cl)ccc1F)c1cccc(F)c1Cl. The molecule has 1 nitrogen and oxygen atoms in total. The summed E-state index contributed by atoms with van der Waals surface area (Å²) in [6.07, 6.45) is 0.337. The minimum atomic E-state index is -0.483. The lowest BCUT2D eigenvalue weighted by molar-refractivity contribution is 0.524. The van der Waals surface area contributed by atoms with Crippen molar-refractivity contribution in [3.05, 3.63) is 69.2 Å². The van der Waals surface area contributed by atoms with Gasteiger partial charge in [0.25, 0.3) is 0 Å². The van der Waals surface area contributed by atoms with E-state index in [2.05, 4.69) is 5.32 Å². The summed E-state index contributed by atoms with van der Waals surface area (Å²) in [5.41, 5.74) is 1.08. The minimum Gasteiger partial charge on any atom is -0.310 e. The van der Waals surface area contributed by atoms with Crippen LogP contribution in [0.5, 0.6) is 0 Å². The molecule has 0 spiro atoms. The highest BCUT2D eigenvalue weighted by Crippen LogP contribution is 2.29. The van der Waals surface area contributed by atoms with E-state index in [1.54, 1.807) is 18.2 Å². The van der Waals surface area contributed by atoms with E-state index in [1.165, 1.54) is 18.2 Å². The molecule has 0 fully saturated rings. The molecule has 2 rings (SSSR count). The first-order valence-corrected chi connectivity index (χ1v) is 7.39. The van der Waals surface area contributed by atoms with Crippen molar-refractivity contribution in [2.75, 3.05) is 6.54 Å². The predicted molar refractivity (Wildman–Crippen MR) is 82.9 cm³/mol. The zero-order valence-corrected chi connectivity index (χ0v) is 13.0. The lowest BCUT2D eigenvalue weighted by atomic mass is 9.98. The number of hydrogen-bond acceptors (Lipinski definition) is 1. The molecule has 0 saturated heterocycles. The molecule has 112 valence electrons. The van der Waals surface area contributed by atoms with Gasteiger partial charge >= 0.3 is 0 Å². The highest BCUT2D eigenvalue weighted by molar-refractivity contribution is 6.31. The topological polar surface area (TPSA) is 12.0 Å². The zero-order valence-electron chi connectivity index (χ0n) is 11.5. The molecule has 0 saturated carbocycles. The van der Waals surface area contributed by atoms with Crippen molar-refractivity contribution in [3.63, 3.8) is 0 Å². The molecule has 0 radical (unpaired) electrons. The summed E-state index contributed by atoms with van der Waals surface area (Å²) in [4.78, 5) is 0. The van der Waals surface area contributed by atoms with Gasteiger partial charge in [0.15, 0.2) is 0 Å². The van der Waals surface area contributed by atoms with E-state index in [1.807, 2.05) is 6.92 Å². The lowest BCUT2D eigenvalue weighted by Crippen LogP contribution is -2.24. The van der Waals surface area contributed by atoms with Crippen molar-refractivity contribution in [2.45, 2.75) is 19.4 Å². The van der Waals surface area contributed by atoms with Crippen LogP contribution in [0.25, 0.3) is 0 Å². The highest BCUT2D eigenvalue weighted by Gasteiger charge is 2.18. The maximum absolute atomic E-state index is 13.9. The van der Waals surface area contributed by atoms with Crippen LogP contribution < -0.4 is 5.32 Å². The first-order valence-electron chi connectivity index (χ1n) is 6.64. The number of hydrogen-bond donors (Lipinski definition) is 1. The Hall–Kier alpha value is -1.16. The number of rotatable bonds is 5. The molecular formula is C16H15Cl2F2N. The van der Waals surface area contributed by atoms with Gasteiger partial charge in [0, 0.05) is 11.1 Å². The minimum absolute atomic E-state index is 0.0610. The molecule has 2 aromatic rings. The largest absolute Gasteiger partial charge is 0.310 e. The zero-order chi connectivity index (χ0) is 15.4. The summed E-state index contributed by atoms with van der Waals surface area (Å²) < 4.78 is 27.5. The summed E-state index contributed by atoms with van der Waals surface area (Å²) in [7, 11) is 0. The Balaban J connectivity index is 2.35. The van der Waals surface area contributed by atoms with Crippen molar-refractivity contribution >= 4 is 23.2 Å². The van der Waals surface area contributed by atoms with Gasteiger partial charge in [-0.25, -0.2) is 8.78 Å². The van der Waals surface area contributed by atoms with Crippen molar-refractivity contribution in [1.82, 2.24) is 5.32 Å². The maximum Gasteiger partial charge on any atom is 0.142 e. The normalized spacial score (nSPS) is 12.4. The molecule has 0 heterocycles. The van der Waals surface area contributed by atoms with E-state index >= 15 is 0 Å². The second-order valence-corrected chi connectivity index (χ2v) is 5.51. The Labute approximate surface area is 132 Å². The first kappa shape index (κ1) is 16.2. The summed E-state index contributed by atoms with van der Waals surface area (Å²) in [5, 5.41) is 3.73. The standard InChI is InChI=1S/C16H15Cl2F2N/c1-2-21-15(12-4-3-5-14(20)16(12)18)9-10-8-11(17)6-7-13(10)19/h3-8,15,21H,2,9H2,1H3. The fourth-order valence-corrected chi connectivity index (χ4v) is 2.70. The van der Waals surface area contributed by atoms with E-state index in [4.69, 9.17) is 23.2 Å². The summed E-state index contributed by atoms with van der Waals surface area (Å²) in [5.74, 6) is -0.821. The van der Waals surface area contributed by atoms with E-state index in [0.29, 0.717) is 29.1 Å². The van der Waals surface area contributed by atoms with Gasteiger partial charge in [-0.15, -0.1) is 0 Å². The van der Waals surface area contributed by atoms with Crippen LogP contribution in [0.3, 0.4) is 0 Å². The van der Waals surface area contributed by atoms with Gasteiger partial charge in [0.1, 0.15) is 11.6 Å². The molecule has 0 bridgehead atoms. The van der Waals surface area contributed by atoms with E-state index < -0.39 is 5.82 Å². The van der Waals surface area contributed by atoms with E-state index in [9.17, 15) is 8.78 Å². The third-order valence-electron chi connectivity index (χ3n) is 3.24. The number of halogens is 4. The van der Waals surface area contributed by atoms with Crippen molar-refractivity contribution in [1.29, 1.82) is 0 Å². The quantitative estimate of drug-likeness (QED) is 0.798. The van der Waals surface area contributed by atoms with Crippen LogP contribution >= 0.6 is 23.2 Å². The van der Waals surface area contributed by atoms with Crippen molar-refractivity contribution < 1.29 is 8.78 Å². The number of likely N-dealkylation sites (N-methyl/N-ethyl adjacent to an activating group) is 1. The molecule has 1 atom stereocenters. The lowest BCUT2D eigenvalue weighted by Gasteiger charge is -2.20. The van der Waals surface area contributed by atoms with Crippen molar-refractivity contribution in [2.24, 2.45) is 0 Å². The number of benzene rings is 2. The molecule has 1 N–H and O–H groups in total. The van der Waals surface area contributed by atoms with Gasteiger partial charge in [0.05, 0.1) is 5.02 Å². The van der Waals surface area contributed by atoms with Crippen LogP contribution in [-0.4, -0.2) is 6.54 Å². The fraction of sp³-hybridized carbons (Fsp3) is 0.250. The predicted octanol–water partition coefficient (Wildman–Crippen LogP) is 5.16. The van der Waals surface area contributed by atoms with Crippen LogP contribution in [-0.2, 0) is 6.42 Å². The molecule has 0 aliphatic rings. The van der Waals surface area contributed by atoms with E-state index in [-0.39, 0.29) is 16.9 Å². The third-order valence-corrected chi connectivity index (χ3v) is 3.87. The Morgan fingerprint density at radius 3 is 2.57 bits per heavy atom. The summed E-state index contributed by atoms with van der Waals surface area (Å²) in [6, 6.07) is 8.75. The molecule has 1 unspecified atom stereocenters. The monoisotopic (exact) mass is 329 g/mol. The Bertz CT molecular complexity index is 632. The Morgan fingerprint density at radius 1 is 1.10 bits per heavy atom. The van der Waals surface area contributed by atoms with Crippen LogP contribution in [0, 0.1) is 11.6 Å². The molecule has 0 aliphatic heterocycles.